The fraction of sp³-hybridized carbons (Fsp3) is 0.154. The Morgan fingerprint density at radius 2 is 1.87 bits per heavy atom. The number of ketones is 1. The molecule has 0 aromatic rings. The van der Waals surface area contributed by atoms with Gasteiger partial charge in [-0.05, 0) is 31.6 Å². The van der Waals surface area contributed by atoms with Crippen LogP contribution in [0.25, 0.3) is 0 Å². The molecule has 0 atom stereocenters. The summed E-state index contributed by atoms with van der Waals surface area (Å²) in [5, 5.41) is 2.94. The van der Waals surface area contributed by atoms with E-state index in [4.69, 9.17) is 0 Å². The molecule has 0 aliphatic heterocycles. The summed E-state index contributed by atoms with van der Waals surface area (Å²) in [6.07, 6.45) is 9.84. The maximum atomic E-state index is 11.4. The van der Waals surface area contributed by atoms with E-state index in [2.05, 4.69) is 18.5 Å². The van der Waals surface area contributed by atoms with Crippen LogP contribution in [0.4, 0.5) is 0 Å². The van der Waals surface area contributed by atoms with Gasteiger partial charge in [0.25, 0.3) is 0 Å². The van der Waals surface area contributed by atoms with Crippen LogP contribution in [0, 0.1) is 0 Å². The summed E-state index contributed by atoms with van der Waals surface area (Å²) < 4.78 is 0. The van der Waals surface area contributed by atoms with Crippen molar-refractivity contribution >= 4 is 5.78 Å². The minimum Gasteiger partial charge on any atom is -0.365 e. The fourth-order valence-corrected chi connectivity index (χ4v) is 0.828. The van der Waals surface area contributed by atoms with Gasteiger partial charge in [-0.3, -0.25) is 4.79 Å². The Labute approximate surface area is 91.4 Å². The highest BCUT2D eigenvalue weighted by atomic mass is 16.1. The van der Waals surface area contributed by atoms with Crippen molar-refractivity contribution < 1.29 is 4.79 Å². The molecule has 0 heterocycles. The van der Waals surface area contributed by atoms with Crippen LogP contribution >= 0.6 is 0 Å². The molecule has 15 heavy (non-hydrogen) atoms. The van der Waals surface area contributed by atoms with Crippen molar-refractivity contribution in [2.24, 2.45) is 0 Å². The standard InChI is InChI=1S/C13H17NO/c1-5-7-8-14-12(4)10-13(15)9-11(3)6-2/h5-10,14H,1-2H2,3-4H3/b8-7+,11-9+,12-10-. The van der Waals surface area contributed by atoms with Gasteiger partial charge in [0.2, 0.25) is 0 Å². The maximum Gasteiger partial charge on any atom is 0.180 e. The van der Waals surface area contributed by atoms with E-state index in [1.54, 1.807) is 24.4 Å². The fourth-order valence-electron chi connectivity index (χ4n) is 0.828. The second-order valence-electron chi connectivity index (χ2n) is 3.06. The van der Waals surface area contributed by atoms with Crippen molar-refractivity contribution in [1.82, 2.24) is 5.32 Å². The molecule has 0 bridgehead atoms. The Hall–Kier alpha value is -1.83. The van der Waals surface area contributed by atoms with Crippen LogP contribution < -0.4 is 5.32 Å². The molecule has 0 amide bonds. The molecular formula is C13H17NO. The Morgan fingerprint density at radius 3 is 2.40 bits per heavy atom. The van der Waals surface area contributed by atoms with Gasteiger partial charge in [-0.1, -0.05) is 25.3 Å². The van der Waals surface area contributed by atoms with Gasteiger partial charge >= 0.3 is 0 Å². The molecule has 1 N–H and O–H groups in total. The molecule has 0 aliphatic carbocycles. The molecule has 0 radical (unpaired) electrons. The molecule has 0 rings (SSSR count). The van der Waals surface area contributed by atoms with E-state index in [9.17, 15) is 4.79 Å². The number of carbonyl (C=O) groups is 1. The second kappa shape index (κ2) is 7.56. The van der Waals surface area contributed by atoms with Crippen molar-refractivity contribution in [3.05, 3.63) is 61.0 Å². The zero-order chi connectivity index (χ0) is 11.7. The first kappa shape index (κ1) is 13.2. The summed E-state index contributed by atoms with van der Waals surface area (Å²) in [6, 6.07) is 0. The van der Waals surface area contributed by atoms with Crippen LogP contribution in [0.2, 0.25) is 0 Å². The van der Waals surface area contributed by atoms with E-state index >= 15 is 0 Å². The SMILES string of the molecule is C=C/C=C/N/C(C)=C\C(=O)/C=C(\C)C=C. The molecule has 0 aromatic carbocycles. The predicted molar refractivity (Wildman–Crippen MR) is 65.2 cm³/mol. The zero-order valence-corrected chi connectivity index (χ0v) is 9.29. The van der Waals surface area contributed by atoms with Crippen molar-refractivity contribution in [3.8, 4) is 0 Å². The van der Waals surface area contributed by atoms with Gasteiger partial charge < -0.3 is 5.32 Å². The minimum atomic E-state index is -0.0515. The number of hydrogen-bond acceptors (Lipinski definition) is 2. The second-order valence-corrected chi connectivity index (χ2v) is 3.06. The molecule has 2 nitrogen and oxygen atoms in total. The lowest BCUT2D eigenvalue weighted by molar-refractivity contribution is -0.110. The number of carbonyl (C=O) groups excluding carboxylic acids is 1. The molecule has 80 valence electrons. The molecule has 2 heteroatoms. The number of allylic oxidation sites excluding steroid dienone is 7. The van der Waals surface area contributed by atoms with Crippen LogP contribution in [0.15, 0.2) is 61.0 Å². The lowest BCUT2D eigenvalue weighted by Crippen LogP contribution is -2.03. The average Bonchev–Trinajstić information content (AvgIpc) is 2.17. The third kappa shape index (κ3) is 7.26. The largest absolute Gasteiger partial charge is 0.365 e. The summed E-state index contributed by atoms with van der Waals surface area (Å²) in [5.41, 5.74) is 1.64. The molecule has 0 aliphatic rings. The Balaban J connectivity index is 4.35. The van der Waals surface area contributed by atoms with Crippen LogP contribution in [0.5, 0.6) is 0 Å². The first-order chi connectivity index (χ1) is 7.10. The average molecular weight is 203 g/mol. The van der Waals surface area contributed by atoms with Crippen LogP contribution in [0.1, 0.15) is 13.8 Å². The summed E-state index contributed by atoms with van der Waals surface area (Å²) in [6.45, 7) is 10.8. The molecule has 0 fully saturated rings. The Kier molecular flexibility index (Phi) is 6.64. The van der Waals surface area contributed by atoms with E-state index < -0.39 is 0 Å². The smallest absolute Gasteiger partial charge is 0.180 e. The number of nitrogens with one attached hydrogen (secondary N) is 1. The highest BCUT2D eigenvalue weighted by Crippen LogP contribution is 1.96. The summed E-state index contributed by atoms with van der Waals surface area (Å²) >= 11 is 0. The molecule has 0 spiro atoms. The highest BCUT2D eigenvalue weighted by molar-refractivity contribution is 6.00. The quantitative estimate of drug-likeness (QED) is 0.531. The van der Waals surface area contributed by atoms with Crippen molar-refractivity contribution in [1.29, 1.82) is 0 Å². The number of rotatable bonds is 6. The van der Waals surface area contributed by atoms with E-state index in [0.29, 0.717) is 0 Å². The third-order valence-corrected chi connectivity index (χ3v) is 1.59. The normalized spacial score (nSPS) is 12.7. The van der Waals surface area contributed by atoms with Crippen LogP contribution in [-0.4, -0.2) is 5.78 Å². The first-order valence-electron chi connectivity index (χ1n) is 4.67. The van der Waals surface area contributed by atoms with Gasteiger partial charge in [0.15, 0.2) is 5.78 Å². The minimum absolute atomic E-state index is 0.0515. The van der Waals surface area contributed by atoms with Gasteiger partial charge in [0.1, 0.15) is 0 Å². The van der Waals surface area contributed by atoms with Gasteiger partial charge in [-0.15, -0.1) is 0 Å². The molecular weight excluding hydrogens is 186 g/mol. The van der Waals surface area contributed by atoms with Crippen LogP contribution in [0.3, 0.4) is 0 Å². The molecule has 0 saturated heterocycles. The monoisotopic (exact) mass is 203 g/mol. The summed E-state index contributed by atoms with van der Waals surface area (Å²) in [4.78, 5) is 11.4. The molecule has 0 unspecified atom stereocenters. The molecule has 0 saturated carbocycles. The van der Waals surface area contributed by atoms with Gasteiger partial charge in [0.05, 0.1) is 0 Å². The lowest BCUT2D eigenvalue weighted by atomic mass is 10.2. The van der Waals surface area contributed by atoms with E-state index in [1.807, 2.05) is 13.8 Å². The summed E-state index contributed by atoms with van der Waals surface area (Å²) in [5.74, 6) is -0.0515. The third-order valence-electron chi connectivity index (χ3n) is 1.59. The van der Waals surface area contributed by atoms with Gasteiger partial charge in [-0.25, -0.2) is 0 Å². The Morgan fingerprint density at radius 1 is 1.20 bits per heavy atom. The molecule has 0 aromatic heterocycles. The summed E-state index contributed by atoms with van der Waals surface area (Å²) in [7, 11) is 0. The van der Waals surface area contributed by atoms with Gasteiger partial charge in [-0.2, -0.15) is 0 Å². The van der Waals surface area contributed by atoms with E-state index in [-0.39, 0.29) is 5.78 Å². The van der Waals surface area contributed by atoms with Crippen molar-refractivity contribution in [2.45, 2.75) is 13.8 Å². The first-order valence-corrected chi connectivity index (χ1v) is 4.67. The van der Waals surface area contributed by atoms with Crippen molar-refractivity contribution in [2.75, 3.05) is 0 Å². The van der Waals surface area contributed by atoms with E-state index in [0.717, 1.165) is 11.3 Å². The topological polar surface area (TPSA) is 29.1 Å². The lowest BCUT2D eigenvalue weighted by Gasteiger charge is -1.97. The Bertz CT molecular complexity index is 332. The maximum absolute atomic E-state index is 11.4. The van der Waals surface area contributed by atoms with Crippen molar-refractivity contribution in [3.63, 3.8) is 0 Å². The zero-order valence-electron chi connectivity index (χ0n) is 9.29. The highest BCUT2D eigenvalue weighted by Gasteiger charge is 1.93. The van der Waals surface area contributed by atoms with Gasteiger partial charge in [0, 0.05) is 18.0 Å². The predicted octanol–water partition coefficient (Wildman–Crippen LogP) is 2.88. The van der Waals surface area contributed by atoms with Crippen LogP contribution in [-0.2, 0) is 4.79 Å². The number of hydrogen-bond donors (Lipinski definition) is 1. The van der Waals surface area contributed by atoms with E-state index in [1.165, 1.54) is 12.2 Å².